The van der Waals surface area contributed by atoms with Gasteiger partial charge in [-0.25, -0.2) is 14.6 Å². The molecule has 0 spiro atoms. The second-order valence-corrected chi connectivity index (χ2v) is 7.02. The number of aromatic carboxylic acids is 1. The van der Waals surface area contributed by atoms with Crippen molar-refractivity contribution >= 4 is 23.4 Å². The van der Waals surface area contributed by atoms with Gasteiger partial charge in [0.15, 0.2) is 5.69 Å². The third-order valence-electron chi connectivity index (χ3n) is 4.45. The average molecular weight is 490 g/mol. The van der Waals surface area contributed by atoms with E-state index in [2.05, 4.69) is 20.9 Å². The van der Waals surface area contributed by atoms with E-state index in [1.807, 2.05) is 0 Å². The summed E-state index contributed by atoms with van der Waals surface area (Å²) in [5.41, 5.74) is -1.56. The predicted octanol–water partition coefficient (Wildman–Crippen LogP) is 4.83. The number of alkyl halides is 3. The first kappa shape index (κ1) is 25.3. The Hall–Kier alpha value is -4.32. The number of ether oxygens (including phenoxy) is 2. The number of halogens is 3. The number of likely N-dealkylation sites (N-methyl/N-ethyl adjacent to an activating group) is 1. The Balaban J connectivity index is 1.74. The molecule has 0 unspecified atom stereocenters. The summed E-state index contributed by atoms with van der Waals surface area (Å²) in [5.74, 6) is -1.18. The highest BCUT2D eigenvalue weighted by Gasteiger charge is 2.37. The van der Waals surface area contributed by atoms with Crippen LogP contribution in [0.1, 0.15) is 16.1 Å². The van der Waals surface area contributed by atoms with E-state index in [9.17, 15) is 22.8 Å². The van der Waals surface area contributed by atoms with Crippen molar-refractivity contribution in [2.75, 3.05) is 30.8 Å². The van der Waals surface area contributed by atoms with E-state index in [-0.39, 0.29) is 29.5 Å². The van der Waals surface area contributed by atoms with Gasteiger partial charge in [0.25, 0.3) is 0 Å². The third kappa shape index (κ3) is 7.08. The fourth-order valence-corrected chi connectivity index (χ4v) is 2.96. The van der Waals surface area contributed by atoms with Crippen LogP contribution in [0, 0.1) is 0 Å². The van der Waals surface area contributed by atoms with Gasteiger partial charge in [0.1, 0.15) is 29.4 Å². The molecule has 9 nitrogen and oxygen atoms in total. The smallest absolute Gasteiger partial charge is 0.421 e. The Bertz CT molecular complexity index is 1200. The zero-order chi connectivity index (χ0) is 25.4. The van der Waals surface area contributed by atoms with Crippen LogP contribution >= 0.6 is 0 Å². The van der Waals surface area contributed by atoms with Crippen LogP contribution in [-0.4, -0.2) is 42.3 Å². The molecule has 2 amide bonds. The summed E-state index contributed by atoms with van der Waals surface area (Å²) in [6, 6.07) is 11.4. The number of anilines is 2. The van der Waals surface area contributed by atoms with Crippen LogP contribution in [0.2, 0.25) is 0 Å². The minimum absolute atomic E-state index is 0.00740. The van der Waals surface area contributed by atoms with Gasteiger partial charge in [0, 0.05) is 30.6 Å². The van der Waals surface area contributed by atoms with Gasteiger partial charge in [-0.05, 0) is 37.4 Å². The Labute approximate surface area is 197 Å². The quantitative estimate of drug-likeness (QED) is 0.317. The molecule has 0 radical (unpaired) electrons. The van der Waals surface area contributed by atoms with Crippen molar-refractivity contribution in [1.82, 2.24) is 10.3 Å². The first-order chi connectivity index (χ1) is 16.7. The zero-order valence-electron chi connectivity index (χ0n) is 18.3. The standard InChI is InChI=1S/C23H21F3N4O5/c1-27-10-11-34-19-7-3-6-17(20(19)23(24,25)26)30-22(33)29-14-4-2-5-15(12-14)35-16-8-9-28-18(13-16)21(31)32/h2-9,12-13,27H,10-11H2,1H3,(H,31,32)(H2,29,30,33). The van der Waals surface area contributed by atoms with Crippen molar-refractivity contribution in [1.29, 1.82) is 0 Å². The number of pyridine rings is 1. The highest BCUT2D eigenvalue weighted by Crippen LogP contribution is 2.41. The molecular formula is C23H21F3N4O5. The molecule has 3 rings (SSSR count). The lowest BCUT2D eigenvalue weighted by molar-refractivity contribution is -0.138. The summed E-state index contributed by atoms with van der Waals surface area (Å²) in [6.07, 6.45) is -3.50. The molecule has 0 bridgehead atoms. The number of benzene rings is 2. The van der Waals surface area contributed by atoms with Crippen LogP contribution < -0.4 is 25.4 Å². The number of carboxylic acids is 1. The molecule has 0 aliphatic carbocycles. The van der Waals surface area contributed by atoms with Gasteiger partial charge >= 0.3 is 18.2 Å². The number of nitrogens with one attached hydrogen (secondary N) is 3. The van der Waals surface area contributed by atoms with E-state index in [4.69, 9.17) is 14.6 Å². The maximum Gasteiger partial charge on any atom is 0.421 e. The van der Waals surface area contributed by atoms with Crippen LogP contribution in [0.5, 0.6) is 17.2 Å². The SMILES string of the molecule is CNCCOc1cccc(NC(=O)Nc2cccc(Oc3ccnc(C(=O)O)c3)c2)c1C(F)(F)F. The molecule has 0 saturated carbocycles. The van der Waals surface area contributed by atoms with E-state index in [1.54, 1.807) is 19.2 Å². The van der Waals surface area contributed by atoms with E-state index in [0.717, 1.165) is 6.07 Å². The van der Waals surface area contributed by atoms with Crippen LogP contribution in [0.15, 0.2) is 60.8 Å². The lowest BCUT2D eigenvalue weighted by Crippen LogP contribution is -2.23. The van der Waals surface area contributed by atoms with E-state index >= 15 is 0 Å². The van der Waals surface area contributed by atoms with Gasteiger partial charge in [-0.3, -0.25) is 0 Å². The number of aromatic nitrogens is 1. The average Bonchev–Trinajstić information content (AvgIpc) is 2.79. The zero-order valence-corrected chi connectivity index (χ0v) is 18.3. The molecule has 0 aliphatic rings. The van der Waals surface area contributed by atoms with Gasteiger partial charge < -0.3 is 30.5 Å². The Kier molecular flexibility index (Phi) is 8.10. The van der Waals surface area contributed by atoms with Gasteiger partial charge in [0.05, 0.1) is 5.69 Å². The molecule has 1 heterocycles. The highest BCUT2D eigenvalue weighted by molar-refractivity contribution is 6.00. The largest absolute Gasteiger partial charge is 0.492 e. The van der Waals surface area contributed by atoms with E-state index < -0.39 is 35.2 Å². The topological polar surface area (TPSA) is 122 Å². The maximum atomic E-state index is 13.7. The number of carboxylic acid groups (broad SMARTS) is 1. The van der Waals surface area contributed by atoms with Crippen molar-refractivity contribution in [3.8, 4) is 17.2 Å². The van der Waals surface area contributed by atoms with Gasteiger partial charge in [0.2, 0.25) is 0 Å². The summed E-state index contributed by atoms with van der Waals surface area (Å²) < 4.78 is 51.9. The van der Waals surface area contributed by atoms with Crippen LogP contribution in [0.25, 0.3) is 0 Å². The number of hydrogen-bond donors (Lipinski definition) is 4. The highest BCUT2D eigenvalue weighted by atomic mass is 19.4. The first-order valence-corrected chi connectivity index (χ1v) is 10.2. The molecule has 4 N–H and O–H groups in total. The van der Waals surface area contributed by atoms with Gasteiger partial charge in [-0.2, -0.15) is 13.2 Å². The summed E-state index contributed by atoms with van der Waals surface area (Å²) in [6.45, 7) is 0.346. The Morgan fingerprint density at radius 1 is 1.03 bits per heavy atom. The predicted molar refractivity (Wildman–Crippen MR) is 121 cm³/mol. The molecule has 2 aromatic carbocycles. The third-order valence-corrected chi connectivity index (χ3v) is 4.45. The molecule has 0 atom stereocenters. The normalized spacial score (nSPS) is 11.0. The number of urea groups is 1. The van der Waals surface area contributed by atoms with Crippen molar-refractivity contribution in [2.24, 2.45) is 0 Å². The summed E-state index contributed by atoms with van der Waals surface area (Å²) in [5, 5.41) is 16.4. The molecular weight excluding hydrogens is 469 g/mol. The second-order valence-electron chi connectivity index (χ2n) is 7.02. The Morgan fingerprint density at radius 2 is 1.77 bits per heavy atom. The number of carbonyl (C=O) groups excluding carboxylic acids is 1. The molecule has 0 aliphatic heterocycles. The summed E-state index contributed by atoms with van der Waals surface area (Å²) >= 11 is 0. The molecule has 1 aromatic heterocycles. The van der Waals surface area contributed by atoms with Crippen LogP contribution in [-0.2, 0) is 6.18 Å². The van der Waals surface area contributed by atoms with Gasteiger partial charge in [-0.15, -0.1) is 0 Å². The van der Waals surface area contributed by atoms with E-state index in [1.165, 1.54) is 42.6 Å². The molecule has 35 heavy (non-hydrogen) atoms. The number of carbonyl (C=O) groups is 2. The molecule has 12 heteroatoms. The van der Waals surface area contributed by atoms with E-state index in [0.29, 0.717) is 6.54 Å². The monoisotopic (exact) mass is 490 g/mol. The van der Waals surface area contributed by atoms with Crippen molar-refractivity contribution < 1.29 is 37.3 Å². The van der Waals surface area contributed by atoms with Crippen molar-refractivity contribution in [3.63, 3.8) is 0 Å². The molecule has 3 aromatic rings. The lowest BCUT2D eigenvalue weighted by atomic mass is 10.1. The lowest BCUT2D eigenvalue weighted by Gasteiger charge is -2.18. The maximum absolute atomic E-state index is 13.7. The van der Waals surface area contributed by atoms with Crippen molar-refractivity contribution in [2.45, 2.75) is 6.18 Å². The number of rotatable bonds is 9. The second kappa shape index (κ2) is 11.2. The minimum Gasteiger partial charge on any atom is -0.492 e. The molecule has 184 valence electrons. The van der Waals surface area contributed by atoms with Crippen LogP contribution in [0.4, 0.5) is 29.3 Å². The fraction of sp³-hybridized carbons (Fsp3) is 0.174. The minimum atomic E-state index is -4.77. The molecule has 0 saturated heterocycles. The fourth-order valence-electron chi connectivity index (χ4n) is 2.96. The summed E-state index contributed by atoms with van der Waals surface area (Å²) in [4.78, 5) is 27.2. The molecule has 0 fully saturated rings. The summed E-state index contributed by atoms with van der Waals surface area (Å²) in [7, 11) is 1.64. The van der Waals surface area contributed by atoms with Gasteiger partial charge in [-0.1, -0.05) is 12.1 Å². The van der Waals surface area contributed by atoms with Crippen LogP contribution in [0.3, 0.4) is 0 Å². The van der Waals surface area contributed by atoms with Crippen molar-refractivity contribution in [3.05, 3.63) is 72.1 Å². The first-order valence-electron chi connectivity index (χ1n) is 10.2. The number of nitrogens with zero attached hydrogens (tertiary/aromatic N) is 1. The Morgan fingerprint density at radius 3 is 2.49 bits per heavy atom. The number of amides is 2. The number of hydrogen-bond acceptors (Lipinski definition) is 6.